The Labute approximate surface area is 278 Å². The fraction of sp³-hybridized carbons (Fsp3) is 0.500. The lowest BCUT2D eigenvalue weighted by atomic mass is 9.84. The molecule has 2 aliphatic carbocycles. The fourth-order valence-corrected chi connectivity index (χ4v) is 5.08. The van der Waals surface area contributed by atoms with Crippen molar-refractivity contribution in [3.63, 3.8) is 0 Å². The molecule has 0 saturated heterocycles. The number of benzene rings is 2. The van der Waals surface area contributed by atoms with E-state index < -0.39 is 17.8 Å². The zero-order valence-electron chi connectivity index (χ0n) is 28.1. The highest BCUT2D eigenvalue weighted by Gasteiger charge is 2.34. The van der Waals surface area contributed by atoms with Crippen LogP contribution in [0.15, 0.2) is 72.8 Å². The van der Waals surface area contributed by atoms with Crippen LogP contribution in [0.3, 0.4) is 0 Å². The van der Waals surface area contributed by atoms with Crippen molar-refractivity contribution in [2.45, 2.75) is 90.2 Å². The van der Waals surface area contributed by atoms with Gasteiger partial charge in [-0.05, 0) is 57.6 Å². The van der Waals surface area contributed by atoms with Gasteiger partial charge in [0, 0.05) is 12.1 Å². The van der Waals surface area contributed by atoms with E-state index in [2.05, 4.69) is 10.6 Å². The van der Waals surface area contributed by atoms with Gasteiger partial charge in [-0.2, -0.15) is 0 Å². The highest BCUT2D eigenvalue weighted by Crippen LogP contribution is 2.26. The lowest BCUT2D eigenvalue weighted by Gasteiger charge is -2.31. The lowest BCUT2D eigenvalue weighted by Crippen LogP contribution is -2.47. The summed E-state index contributed by atoms with van der Waals surface area (Å²) in [6.45, 7) is 5.78. The normalized spacial score (nSPS) is 20.0. The number of methoxy groups -OCH3 is 2. The van der Waals surface area contributed by atoms with Crippen LogP contribution in [-0.4, -0.2) is 61.1 Å². The number of allylic oxidation sites excluding steroid dienone is 1. The fourth-order valence-electron chi connectivity index (χ4n) is 5.08. The van der Waals surface area contributed by atoms with E-state index in [4.69, 9.17) is 24.1 Å². The van der Waals surface area contributed by atoms with Gasteiger partial charge in [0.25, 0.3) is 0 Å². The molecule has 1 saturated carbocycles. The summed E-state index contributed by atoms with van der Waals surface area (Å²) in [7, 11) is 2.73. The molecule has 11 heteroatoms. The summed E-state index contributed by atoms with van der Waals surface area (Å²) >= 11 is 0. The smallest absolute Gasteiger partial charge is 0.407 e. The first-order valence-corrected chi connectivity index (χ1v) is 15.9. The van der Waals surface area contributed by atoms with Crippen LogP contribution < -0.4 is 10.6 Å². The summed E-state index contributed by atoms with van der Waals surface area (Å²) in [6, 6.07) is 18.5. The topological polar surface area (TPSA) is 149 Å². The van der Waals surface area contributed by atoms with Gasteiger partial charge in [0.2, 0.25) is 0 Å². The Hall–Kier alpha value is -4.38. The molecule has 2 amide bonds. The van der Waals surface area contributed by atoms with Crippen molar-refractivity contribution >= 4 is 24.1 Å². The van der Waals surface area contributed by atoms with E-state index in [0.717, 1.165) is 36.8 Å². The molecule has 2 aliphatic rings. The quantitative estimate of drug-likeness (QED) is 0.190. The van der Waals surface area contributed by atoms with Crippen LogP contribution in [0.5, 0.6) is 0 Å². The number of carbonyl (C=O) groups is 4. The molecule has 47 heavy (non-hydrogen) atoms. The lowest BCUT2D eigenvalue weighted by molar-refractivity contribution is -0.148. The van der Waals surface area contributed by atoms with Gasteiger partial charge in [0.1, 0.15) is 12.2 Å². The minimum absolute atomic E-state index is 0.140. The van der Waals surface area contributed by atoms with Crippen LogP contribution in [0.4, 0.5) is 9.59 Å². The van der Waals surface area contributed by atoms with Crippen molar-refractivity contribution in [2.24, 2.45) is 11.8 Å². The van der Waals surface area contributed by atoms with Crippen molar-refractivity contribution < 1.29 is 43.2 Å². The summed E-state index contributed by atoms with van der Waals surface area (Å²) in [5.74, 6) is -1.18. The van der Waals surface area contributed by atoms with E-state index in [1.54, 1.807) is 0 Å². The van der Waals surface area contributed by atoms with Crippen LogP contribution in [0.2, 0.25) is 0 Å². The maximum Gasteiger partial charge on any atom is 0.407 e. The second kappa shape index (κ2) is 20.7. The monoisotopic (exact) mass is 654 g/mol. The first-order chi connectivity index (χ1) is 22.5. The standard InChI is InChI=1S/C16H19NO4.C13H23NO4.C7H8O/c1-20-15(18)13-9-5-6-10-14(13)17-16(19)21-11-12-7-3-2-4-8-12;1-13(2,3)18-12(16)14-10-8-6-5-7-9(10)11(15)17-4;8-6-7-4-2-1-3-5-7/h2-8,13-14H,9-11H2,1H3,(H,17,19);9-10H,5-8H2,1-4H3,(H,14,16);1-5,8H,6H2/t13-,14+;9-,10+;/m00./s1. The molecule has 0 aliphatic heterocycles. The molecule has 0 aromatic heterocycles. The van der Waals surface area contributed by atoms with Crippen molar-refractivity contribution in [3.8, 4) is 0 Å². The second-order valence-electron chi connectivity index (χ2n) is 12.2. The van der Waals surface area contributed by atoms with Gasteiger partial charge in [0.05, 0.1) is 32.7 Å². The molecule has 3 N–H and O–H groups in total. The highest BCUT2D eigenvalue weighted by atomic mass is 16.6. The Kier molecular flexibility index (Phi) is 17.1. The summed E-state index contributed by atoms with van der Waals surface area (Å²) in [5, 5.41) is 14.1. The van der Waals surface area contributed by atoms with Gasteiger partial charge in [0.15, 0.2) is 0 Å². The molecule has 0 radical (unpaired) electrons. The Morgan fingerprint density at radius 3 is 1.81 bits per heavy atom. The van der Waals surface area contributed by atoms with E-state index in [1.807, 2.05) is 93.6 Å². The summed E-state index contributed by atoms with van der Waals surface area (Å²) in [5.41, 5.74) is 1.35. The predicted octanol–water partition coefficient (Wildman–Crippen LogP) is 5.84. The van der Waals surface area contributed by atoms with E-state index in [9.17, 15) is 19.2 Å². The molecule has 0 bridgehead atoms. The number of hydrogen-bond donors (Lipinski definition) is 3. The summed E-state index contributed by atoms with van der Waals surface area (Å²) in [4.78, 5) is 46.8. The molecule has 2 aromatic carbocycles. The van der Waals surface area contributed by atoms with Gasteiger partial charge in [-0.1, -0.05) is 85.7 Å². The van der Waals surface area contributed by atoms with Crippen LogP contribution in [0, 0.1) is 11.8 Å². The molecule has 0 unspecified atom stereocenters. The van der Waals surface area contributed by atoms with Crippen LogP contribution in [0.1, 0.15) is 70.4 Å². The van der Waals surface area contributed by atoms with E-state index in [1.165, 1.54) is 14.2 Å². The van der Waals surface area contributed by atoms with Crippen molar-refractivity contribution in [1.82, 2.24) is 10.6 Å². The first-order valence-electron chi connectivity index (χ1n) is 15.9. The van der Waals surface area contributed by atoms with Gasteiger partial charge in [-0.25, -0.2) is 9.59 Å². The van der Waals surface area contributed by atoms with E-state index >= 15 is 0 Å². The second-order valence-corrected chi connectivity index (χ2v) is 12.2. The van der Waals surface area contributed by atoms with Gasteiger partial charge in [-0.3, -0.25) is 9.59 Å². The Morgan fingerprint density at radius 1 is 0.723 bits per heavy atom. The zero-order chi connectivity index (χ0) is 34.7. The number of amides is 2. The number of esters is 2. The Bertz CT molecular complexity index is 1260. The first kappa shape index (κ1) is 38.8. The average molecular weight is 655 g/mol. The average Bonchev–Trinajstić information content (AvgIpc) is 3.07. The molecule has 4 atom stereocenters. The minimum atomic E-state index is -0.528. The zero-order valence-corrected chi connectivity index (χ0v) is 28.1. The number of aliphatic hydroxyl groups excluding tert-OH is 1. The minimum Gasteiger partial charge on any atom is -0.469 e. The molecular weight excluding hydrogens is 604 g/mol. The highest BCUT2D eigenvalue weighted by molar-refractivity contribution is 5.76. The molecule has 1 fully saturated rings. The maximum atomic E-state index is 11.8. The van der Waals surface area contributed by atoms with Crippen LogP contribution in [-0.2, 0) is 41.8 Å². The number of nitrogens with one attached hydrogen (secondary N) is 2. The molecule has 4 rings (SSSR count). The Morgan fingerprint density at radius 2 is 1.26 bits per heavy atom. The van der Waals surface area contributed by atoms with Gasteiger partial charge < -0.3 is 34.7 Å². The molecule has 2 aromatic rings. The maximum absolute atomic E-state index is 11.8. The SMILES string of the molecule is COC(=O)[C@H]1CC=CC[C@H]1NC(=O)OCc1ccccc1.COC(=O)[C@H]1CCCC[C@H]1NC(=O)OC(C)(C)C.OCc1ccccc1. The molecule has 0 heterocycles. The largest absolute Gasteiger partial charge is 0.469 e. The third-order valence-electron chi connectivity index (χ3n) is 7.45. The molecule has 258 valence electrons. The summed E-state index contributed by atoms with van der Waals surface area (Å²) in [6.07, 6.45) is 7.59. The predicted molar refractivity (Wildman–Crippen MR) is 177 cm³/mol. The van der Waals surface area contributed by atoms with Crippen LogP contribution in [0.25, 0.3) is 0 Å². The number of ether oxygens (including phenoxy) is 4. The van der Waals surface area contributed by atoms with Gasteiger partial charge >= 0.3 is 24.1 Å². The Balaban J connectivity index is 0.000000268. The number of rotatable bonds is 7. The van der Waals surface area contributed by atoms with Crippen molar-refractivity contribution in [3.05, 3.63) is 83.9 Å². The van der Waals surface area contributed by atoms with E-state index in [-0.39, 0.29) is 49.1 Å². The van der Waals surface area contributed by atoms with E-state index in [0.29, 0.717) is 12.8 Å². The molecule has 11 nitrogen and oxygen atoms in total. The molecular formula is C36H50N2O9. The van der Waals surface area contributed by atoms with Crippen molar-refractivity contribution in [1.29, 1.82) is 0 Å². The summed E-state index contributed by atoms with van der Waals surface area (Å²) < 4.78 is 19.9. The van der Waals surface area contributed by atoms with Crippen molar-refractivity contribution in [2.75, 3.05) is 14.2 Å². The third-order valence-corrected chi connectivity index (χ3v) is 7.45. The van der Waals surface area contributed by atoms with Gasteiger partial charge in [-0.15, -0.1) is 0 Å². The third kappa shape index (κ3) is 15.2. The van der Waals surface area contributed by atoms with Crippen LogP contribution >= 0.6 is 0 Å². The number of carbonyl (C=O) groups excluding carboxylic acids is 4. The number of alkyl carbamates (subject to hydrolysis) is 2. The molecule has 0 spiro atoms. The number of aliphatic hydroxyl groups is 1. The number of hydrogen-bond acceptors (Lipinski definition) is 9.